The lowest BCUT2D eigenvalue weighted by molar-refractivity contribution is 0.191. The third kappa shape index (κ3) is 2.76. The number of nitrogens with zero attached hydrogens (tertiary/aromatic N) is 3. The molecule has 1 fully saturated rings. The van der Waals surface area contributed by atoms with E-state index in [2.05, 4.69) is 4.98 Å². The molecule has 6 heteroatoms. The van der Waals surface area contributed by atoms with Crippen LogP contribution in [0.4, 0.5) is 14.6 Å². The lowest BCUT2D eigenvalue weighted by Gasteiger charge is -2.27. The Kier molecular flexibility index (Phi) is 3.77. The molecule has 2 rings (SSSR count). The van der Waals surface area contributed by atoms with Gasteiger partial charge in [0.25, 0.3) is 0 Å². The van der Waals surface area contributed by atoms with Crippen molar-refractivity contribution >= 4 is 5.82 Å². The predicted molar refractivity (Wildman–Crippen MR) is 64.5 cm³/mol. The van der Waals surface area contributed by atoms with Crippen LogP contribution in [0.2, 0.25) is 0 Å². The molecule has 0 aromatic carbocycles. The zero-order valence-corrected chi connectivity index (χ0v) is 10.5. The quantitative estimate of drug-likeness (QED) is 0.872. The molecule has 0 aliphatic carbocycles. The fraction of sp³-hybridized carbons (Fsp3) is 0.583. The van der Waals surface area contributed by atoms with E-state index in [4.69, 9.17) is 0 Å². The Labute approximate surface area is 105 Å². The Morgan fingerprint density at radius 1 is 1.50 bits per heavy atom. The fourth-order valence-corrected chi connectivity index (χ4v) is 2.36. The summed E-state index contributed by atoms with van der Waals surface area (Å²) in [7, 11) is 3.83. The molecule has 100 valence electrons. The van der Waals surface area contributed by atoms with Gasteiger partial charge in [-0.1, -0.05) is 0 Å². The molecule has 2 unspecified atom stereocenters. The molecule has 0 bridgehead atoms. The second-order valence-corrected chi connectivity index (χ2v) is 4.92. The van der Waals surface area contributed by atoms with E-state index in [9.17, 15) is 13.9 Å². The Bertz CT molecular complexity index is 428. The Morgan fingerprint density at radius 3 is 2.83 bits per heavy atom. The molecule has 2 atom stereocenters. The van der Waals surface area contributed by atoms with Crippen LogP contribution in [0, 0.1) is 11.6 Å². The van der Waals surface area contributed by atoms with Gasteiger partial charge in [0.2, 0.25) is 0 Å². The van der Waals surface area contributed by atoms with Gasteiger partial charge >= 0.3 is 0 Å². The fourth-order valence-electron chi connectivity index (χ4n) is 2.36. The van der Waals surface area contributed by atoms with E-state index < -0.39 is 17.7 Å². The van der Waals surface area contributed by atoms with Gasteiger partial charge in [-0.2, -0.15) is 0 Å². The van der Waals surface area contributed by atoms with Gasteiger partial charge in [0.05, 0.1) is 12.3 Å². The highest BCUT2D eigenvalue weighted by atomic mass is 19.1. The van der Waals surface area contributed by atoms with Crippen molar-refractivity contribution in [1.82, 2.24) is 9.88 Å². The molecular weight excluding hydrogens is 240 g/mol. The van der Waals surface area contributed by atoms with E-state index in [0.717, 1.165) is 12.3 Å². The van der Waals surface area contributed by atoms with Crippen LogP contribution in [-0.2, 0) is 0 Å². The van der Waals surface area contributed by atoms with Gasteiger partial charge in [-0.15, -0.1) is 0 Å². The van der Waals surface area contributed by atoms with Crippen molar-refractivity contribution in [1.29, 1.82) is 0 Å². The van der Waals surface area contributed by atoms with Crippen molar-refractivity contribution in [2.24, 2.45) is 0 Å². The van der Waals surface area contributed by atoms with Crippen molar-refractivity contribution in [3.63, 3.8) is 0 Å². The number of hydrogen-bond acceptors (Lipinski definition) is 4. The van der Waals surface area contributed by atoms with Crippen LogP contribution in [0.25, 0.3) is 0 Å². The minimum atomic E-state index is -0.694. The highest BCUT2D eigenvalue weighted by molar-refractivity contribution is 5.43. The van der Waals surface area contributed by atoms with Crippen molar-refractivity contribution in [2.75, 3.05) is 32.1 Å². The van der Waals surface area contributed by atoms with Gasteiger partial charge in [-0.05, 0) is 20.5 Å². The van der Waals surface area contributed by atoms with E-state index >= 15 is 0 Å². The summed E-state index contributed by atoms with van der Waals surface area (Å²) in [6, 6.07) is 0.808. The summed E-state index contributed by atoms with van der Waals surface area (Å²) in [5, 5.41) is 9.71. The lowest BCUT2D eigenvalue weighted by Crippen LogP contribution is -2.38. The molecule has 0 radical (unpaired) electrons. The number of aromatic nitrogens is 1. The smallest absolute Gasteiger partial charge is 0.168 e. The van der Waals surface area contributed by atoms with Crippen molar-refractivity contribution in [3.8, 4) is 0 Å². The third-order valence-corrected chi connectivity index (χ3v) is 3.03. The van der Waals surface area contributed by atoms with Crippen LogP contribution in [0.3, 0.4) is 0 Å². The molecule has 1 aromatic rings. The van der Waals surface area contributed by atoms with Crippen LogP contribution in [0.1, 0.15) is 6.42 Å². The SMILES string of the molecule is CN(C)CC1CC(O)CN1c1ncc(F)cc1F. The number of aliphatic hydroxyl groups excluding tert-OH is 1. The first-order valence-electron chi connectivity index (χ1n) is 5.88. The molecule has 0 spiro atoms. The first kappa shape index (κ1) is 13.2. The van der Waals surface area contributed by atoms with Gasteiger partial charge in [0.1, 0.15) is 5.82 Å². The second-order valence-electron chi connectivity index (χ2n) is 4.92. The number of β-amino-alcohol motifs (C(OH)–C–C–N with tert-alkyl or cyclic N) is 1. The number of rotatable bonds is 3. The predicted octanol–water partition coefficient (Wildman–Crippen LogP) is 0.861. The molecule has 2 heterocycles. The summed E-state index contributed by atoms with van der Waals surface area (Å²) in [5.74, 6) is -1.27. The number of pyridine rings is 1. The highest BCUT2D eigenvalue weighted by Crippen LogP contribution is 2.26. The Morgan fingerprint density at radius 2 is 2.22 bits per heavy atom. The van der Waals surface area contributed by atoms with Gasteiger partial charge in [0, 0.05) is 25.2 Å². The normalized spacial score (nSPS) is 24.0. The number of hydrogen-bond donors (Lipinski definition) is 1. The summed E-state index contributed by atoms with van der Waals surface area (Å²) < 4.78 is 26.5. The minimum absolute atomic E-state index is 0.0116. The summed E-state index contributed by atoms with van der Waals surface area (Å²) >= 11 is 0. The van der Waals surface area contributed by atoms with Gasteiger partial charge in [-0.25, -0.2) is 13.8 Å². The zero-order valence-electron chi connectivity index (χ0n) is 10.5. The van der Waals surface area contributed by atoms with E-state index in [1.807, 2.05) is 19.0 Å². The maximum absolute atomic E-state index is 13.7. The van der Waals surface area contributed by atoms with Crippen molar-refractivity contribution in [2.45, 2.75) is 18.6 Å². The molecule has 1 aromatic heterocycles. The van der Waals surface area contributed by atoms with Crippen LogP contribution < -0.4 is 4.90 Å². The maximum atomic E-state index is 13.7. The average molecular weight is 257 g/mol. The second kappa shape index (κ2) is 5.16. The van der Waals surface area contributed by atoms with Gasteiger partial charge in [0.15, 0.2) is 11.6 Å². The summed E-state index contributed by atoms with van der Waals surface area (Å²) in [4.78, 5) is 7.48. The number of aliphatic hydroxyl groups is 1. The van der Waals surface area contributed by atoms with E-state index in [1.54, 1.807) is 4.90 Å². The summed E-state index contributed by atoms with van der Waals surface area (Å²) in [6.45, 7) is 1.02. The monoisotopic (exact) mass is 257 g/mol. The summed E-state index contributed by atoms with van der Waals surface area (Å²) in [6.07, 6.45) is 1.06. The molecule has 1 N–H and O–H groups in total. The molecule has 4 nitrogen and oxygen atoms in total. The van der Waals surface area contributed by atoms with Gasteiger partial charge in [-0.3, -0.25) is 0 Å². The van der Waals surface area contributed by atoms with Crippen LogP contribution in [-0.4, -0.2) is 54.3 Å². The molecule has 1 aliphatic rings. The van der Waals surface area contributed by atoms with Crippen LogP contribution in [0.5, 0.6) is 0 Å². The first-order chi connectivity index (χ1) is 8.47. The minimum Gasteiger partial charge on any atom is -0.391 e. The molecule has 0 saturated carbocycles. The van der Waals surface area contributed by atoms with E-state index in [0.29, 0.717) is 19.5 Å². The molecule has 0 amide bonds. The van der Waals surface area contributed by atoms with Gasteiger partial charge < -0.3 is 14.9 Å². The average Bonchev–Trinajstić information content (AvgIpc) is 2.58. The van der Waals surface area contributed by atoms with E-state index in [1.165, 1.54) is 0 Å². The molecular formula is C12H17F2N3O. The maximum Gasteiger partial charge on any atom is 0.168 e. The molecule has 18 heavy (non-hydrogen) atoms. The highest BCUT2D eigenvalue weighted by Gasteiger charge is 2.33. The van der Waals surface area contributed by atoms with Crippen LogP contribution in [0.15, 0.2) is 12.3 Å². The third-order valence-electron chi connectivity index (χ3n) is 3.03. The standard InChI is InChI=1S/C12H17F2N3O/c1-16(2)6-9-4-10(18)7-17(9)12-11(14)3-8(13)5-15-12/h3,5,9-10,18H,4,6-7H2,1-2H3. The van der Waals surface area contributed by atoms with E-state index in [-0.39, 0.29) is 11.9 Å². The Hall–Kier alpha value is -1.27. The number of anilines is 1. The zero-order chi connectivity index (χ0) is 13.3. The molecule has 1 saturated heterocycles. The molecule has 1 aliphatic heterocycles. The number of likely N-dealkylation sites (N-methyl/N-ethyl adjacent to an activating group) is 1. The lowest BCUT2D eigenvalue weighted by atomic mass is 10.2. The topological polar surface area (TPSA) is 39.6 Å². The van der Waals surface area contributed by atoms with Crippen LogP contribution >= 0.6 is 0 Å². The largest absolute Gasteiger partial charge is 0.391 e. The summed E-state index contributed by atoms with van der Waals surface area (Å²) in [5.41, 5.74) is 0. The number of halogens is 2. The van der Waals surface area contributed by atoms with Crippen molar-refractivity contribution in [3.05, 3.63) is 23.9 Å². The van der Waals surface area contributed by atoms with Crippen molar-refractivity contribution < 1.29 is 13.9 Å². The Balaban J connectivity index is 2.24. The first-order valence-corrected chi connectivity index (χ1v) is 5.88.